The summed E-state index contributed by atoms with van der Waals surface area (Å²) in [6.45, 7) is -0.132. The first-order valence-electron chi connectivity index (χ1n) is 7.99. The summed E-state index contributed by atoms with van der Waals surface area (Å²) in [4.78, 5) is 12.2. The molecule has 0 unspecified atom stereocenters. The Kier molecular flexibility index (Phi) is 6.10. The van der Waals surface area contributed by atoms with Crippen LogP contribution in [0.4, 0.5) is 13.2 Å². The number of alkyl halides is 3. The van der Waals surface area contributed by atoms with Gasteiger partial charge in [0.1, 0.15) is 5.75 Å². The number of methoxy groups -OCH3 is 1. The lowest BCUT2D eigenvalue weighted by Crippen LogP contribution is -2.43. The minimum absolute atomic E-state index is 0.0139. The zero-order chi connectivity index (χ0) is 17.7. The van der Waals surface area contributed by atoms with E-state index in [1.165, 1.54) is 7.11 Å². The highest BCUT2D eigenvalue weighted by molar-refractivity contribution is 5.79. The van der Waals surface area contributed by atoms with Gasteiger partial charge in [0.05, 0.1) is 19.1 Å². The molecular formula is C17H22F3NO3. The molecule has 4 nitrogen and oxygen atoms in total. The SMILES string of the molecule is COc1cccc([C@H](O)CNC(=O)[C@@H]2CCCC[C@@H]2C(F)(F)F)c1. The van der Waals surface area contributed by atoms with Crippen LogP contribution in [0.5, 0.6) is 5.75 Å². The van der Waals surface area contributed by atoms with Gasteiger partial charge in [0, 0.05) is 12.5 Å². The van der Waals surface area contributed by atoms with Crippen LogP contribution in [0, 0.1) is 11.8 Å². The van der Waals surface area contributed by atoms with Crippen LogP contribution in [-0.2, 0) is 4.79 Å². The molecule has 134 valence electrons. The topological polar surface area (TPSA) is 58.6 Å². The van der Waals surface area contributed by atoms with Gasteiger partial charge in [0.15, 0.2) is 0 Å². The Labute approximate surface area is 139 Å². The monoisotopic (exact) mass is 345 g/mol. The molecule has 0 radical (unpaired) electrons. The molecule has 24 heavy (non-hydrogen) atoms. The van der Waals surface area contributed by atoms with E-state index >= 15 is 0 Å². The molecule has 1 fully saturated rings. The van der Waals surface area contributed by atoms with Gasteiger partial charge in [-0.15, -0.1) is 0 Å². The summed E-state index contributed by atoms with van der Waals surface area (Å²) in [5.41, 5.74) is 0.533. The number of carbonyl (C=O) groups excluding carboxylic acids is 1. The van der Waals surface area contributed by atoms with Crippen LogP contribution < -0.4 is 10.1 Å². The maximum atomic E-state index is 13.1. The summed E-state index contributed by atoms with van der Waals surface area (Å²) in [6.07, 6.45) is -4.06. The summed E-state index contributed by atoms with van der Waals surface area (Å²) in [5, 5.41) is 12.6. The van der Waals surface area contributed by atoms with Crippen molar-refractivity contribution in [2.75, 3.05) is 13.7 Å². The van der Waals surface area contributed by atoms with Crippen molar-refractivity contribution in [2.24, 2.45) is 11.8 Å². The number of hydrogen-bond acceptors (Lipinski definition) is 3. The van der Waals surface area contributed by atoms with Crippen LogP contribution in [0.3, 0.4) is 0 Å². The van der Waals surface area contributed by atoms with E-state index < -0.39 is 30.0 Å². The number of aliphatic hydroxyl groups excluding tert-OH is 1. The minimum atomic E-state index is -4.37. The van der Waals surface area contributed by atoms with E-state index in [0.29, 0.717) is 24.2 Å². The Morgan fingerprint density at radius 2 is 2.08 bits per heavy atom. The van der Waals surface area contributed by atoms with Gasteiger partial charge >= 0.3 is 6.18 Å². The molecule has 1 saturated carbocycles. The summed E-state index contributed by atoms with van der Waals surface area (Å²) in [7, 11) is 1.49. The van der Waals surface area contributed by atoms with Crippen LogP contribution in [0.2, 0.25) is 0 Å². The van der Waals surface area contributed by atoms with Gasteiger partial charge < -0.3 is 15.2 Å². The molecule has 2 N–H and O–H groups in total. The quantitative estimate of drug-likeness (QED) is 0.861. The molecule has 0 aliphatic heterocycles. The number of carbonyl (C=O) groups is 1. The van der Waals surface area contributed by atoms with Crippen molar-refractivity contribution in [1.82, 2.24) is 5.32 Å². The van der Waals surface area contributed by atoms with E-state index in [2.05, 4.69) is 5.32 Å². The predicted octanol–water partition coefficient (Wildman–Crippen LogP) is 3.21. The van der Waals surface area contributed by atoms with E-state index in [1.54, 1.807) is 24.3 Å². The number of halogens is 3. The lowest BCUT2D eigenvalue weighted by molar-refractivity contribution is -0.198. The first-order valence-corrected chi connectivity index (χ1v) is 7.99. The third-order valence-corrected chi connectivity index (χ3v) is 4.47. The molecule has 0 saturated heterocycles. The maximum Gasteiger partial charge on any atom is 0.392 e. The van der Waals surface area contributed by atoms with E-state index in [4.69, 9.17) is 4.74 Å². The fourth-order valence-corrected chi connectivity index (χ4v) is 3.13. The van der Waals surface area contributed by atoms with E-state index in [1.807, 2.05) is 0 Å². The highest BCUT2D eigenvalue weighted by Crippen LogP contribution is 2.41. The zero-order valence-corrected chi connectivity index (χ0v) is 13.5. The second-order valence-electron chi connectivity index (χ2n) is 6.08. The van der Waals surface area contributed by atoms with Gasteiger partial charge in [-0.3, -0.25) is 4.79 Å². The molecule has 0 spiro atoms. The van der Waals surface area contributed by atoms with Crippen LogP contribution in [0.15, 0.2) is 24.3 Å². The van der Waals surface area contributed by atoms with Crippen LogP contribution >= 0.6 is 0 Å². The Hall–Kier alpha value is -1.76. The Bertz CT molecular complexity index is 562. The molecule has 1 aromatic rings. The minimum Gasteiger partial charge on any atom is -0.497 e. The van der Waals surface area contributed by atoms with Gasteiger partial charge in [-0.05, 0) is 30.5 Å². The molecule has 0 aromatic heterocycles. The average Bonchev–Trinajstić information content (AvgIpc) is 2.58. The normalized spacial score (nSPS) is 22.7. The van der Waals surface area contributed by atoms with E-state index in [-0.39, 0.29) is 19.4 Å². The second kappa shape index (κ2) is 7.88. The Balaban J connectivity index is 1.96. The fourth-order valence-electron chi connectivity index (χ4n) is 3.13. The Morgan fingerprint density at radius 3 is 2.75 bits per heavy atom. The van der Waals surface area contributed by atoms with Crippen molar-refractivity contribution in [3.63, 3.8) is 0 Å². The summed E-state index contributed by atoms with van der Waals surface area (Å²) >= 11 is 0. The lowest BCUT2D eigenvalue weighted by Gasteiger charge is -2.32. The van der Waals surface area contributed by atoms with E-state index in [0.717, 1.165) is 0 Å². The molecule has 1 amide bonds. The van der Waals surface area contributed by atoms with Crippen molar-refractivity contribution in [3.8, 4) is 5.75 Å². The molecule has 1 aliphatic rings. The van der Waals surface area contributed by atoms with E-state index in [9.17, 15) is 23.1 Å². The van der Waals surface area contributed by atoms with Gasteiger partial charge in [-0.2, -0.15) is 13.2 Å². The summed E-state index contributed by atoms with van der Waals surface area (Å²) in [5.74, 6) is -2.75. The first kappa shape index (κ1) is 18.6. The maximum absolute atomic E-state index is 13.1. The predicted molar refractivity (Wildman–Crippen MR) is 82.5 cm³/mol. The van der Waals surface area contributed by atoms with Crippen molar-refractivity contribution < 1.29 is 27.8 Å². The number of nitrogens with one attached hydrogen (secondary N) is 1. The molecule has 7 heteroatoms. The summed E-state index contributed by atoms with van der Waals surface area (Å²) in [6, 6.07) is 6.69. The number of aliphatic hydroxyl groups is 1. The average molecular weight is 345 g/mol. The van der Waals surface area contributed by atoms with Gasteiger partial charge in [-0.25, -0.2) is 0 Å². The Morgan fingerprint density at radius 1 is 1.38 bits per heavy atom. The van der Waals surface area contributed by atoms with Crippen molar-refractivity contribution in [2.45, 2.75) is 38.0 Å². The lowest BCUT2D eigenvalue weighted by atomic mass is 9.78. The van der Waals surface area contributed by atoms with Gasteiger partial charge in [0.2, 0.25) is 5.91 Å². The van der Waals surface area contributed by atoms with Crippen molar-refractivity contribution in [1.29, 1.82) is 0 Å². The smallest absolute Gasteiger partial charge is 0.392 e. The molecule has 0 bridgehead atoms. The third kappa shape index (κ3) is 4.63. The highest BCUT2D eigenvalue weighted by atomic mass is 19.4. The van der Waals surface area contributed by atoms with Crippen LogP contribution in [0.1, 0.15) is 37.4 Å². The number of rotatable bonds is 5. The molecule has 2 rings (SSSR count). The first-order chi connectivity index (χ1) is 11.3. The number of hydrogen-bond donors (Lipinski definition) is 2. The number of amides is 1. The van der Waals surface area contributed by atoms with Crippen molar-refractivity contribution >= 4 is 5.91 Å². The summed E-state index contributed by atoms with van der Waals surface area (Å²) < 4.78 is 44.2. The third-order valence-electron chi connectivity index (χ3n) is 4.47. The van der Waals surface area contributed by atoms with Crippen LogP contribution in [0.25, 0.3) is 0 Å². The highest BCUT2D eigenvalue weighted by Gasteiger charge is 2.47. The largest absolute Gasteiger partial charge is 0.497 e. The standard InChI is InChI=1S/C17H22F3NO3/c1-24-12-6-4-5-11(9-12)15(22)10-21-16(23)13-7-2-3-8-14(13)17(18,19)20/h4-6,9,13-15,22H,2-3,7-8,10H2,1H3,(H,21,23)/t13-,14+,15-/m1/s1. The van der Waals surface area contributed by atoms with Gasteiger partial charge in [0.25, 0.3) is 0 Å². The molecule has 1 aromatic carbocycles. The van der Waals surface area contributed by atoms with Crippen molar-refractivity contribution in [3.05, 3.63) is 29.8 Å². The zero-order valence-electron chi connectivity index (χ0n) is 13.5. The molecule has 1 aliphatic carbocycles. The molecule has 0 heterocycles. The van der Waals surface area contributed by atoms with Gasteiger partial charge in [-0.1, -0.05) is 25.0 Å². The fraction of sp³-hybridized carbons (Fsp3) is 0.588. The number of ether oxygens (including phenoxy) is 1. The van der Waals surface area contributed by atoms with Crippen LogP contribution in [-0.4, -0.2) is 30.8 Å². The number of benzene rings is 1. The molecular weight excluding hydrogens is 323 g/mol. The second-order valence-corrected chi connectivity index (χ2v) is 6.08. The molecule has 3 atom stereocenters.